The van der Waals surface area contributed by atoms with E-state index < -0.39 is 6.10 Å². The zero-order valence-electron chi connectivity index (χ0n) is 14.7. The summed E-state index contributed by atoms with van der Waals surface area (Å²) in [4.78, 5) is 24.0. The van der Waals surface area contributed by atoms with Gasteiger partial charge in [-0.15, -0.1) is 0 Å². The minimum atomic E-state index is -0.677. The molecule has 144 valence electrons. The molecule has 3 N–H and O–H groups in total. The number of phenols is 1. The van der Waals surface area contributed by atoms with Gasteiger partial charge in [-0.05, 0) is 65.7 Å². The number of nitrogens with one attached hydrogen (secondary N) is 2. The van der Waals surface area contributed by atoms with Crippen molar-refractivity contribution in [1.29, 1.82) is 0 Å². The van der Waals surface area contributed by atoms with E-state index in [0.717, 1.165) is 0 Å². The predicted octanol–water partition coefficient (Wildman–Crippen LogP) is 3.51. The van der Waals surface area contributed by atoms with E-state index in [4.69, 9.17) is 16.3 Å². The first-order valence-corrected chi connectivity index (χ1v) is 9.50. The van der Waals surface area contributed by atoms with Gasteiger partial charge >= 0.3 is 0 Å². The van der Waals surface area contributed by atoms with Gasteiger partial charge in [0.05, 0.1) is 4.47 Å². The number of amides is 2. The van der Waals surface area contributed by atoms with Gasteiger partial charge in [0.15, 0.2) is 6.10 Å². The molecule has 0 saturated heterocycles. The maximum atomic E-state index is 12.1. The Morgan fingerprint density at radius 2 is 1.93 bits per heavy atom. The summed E-state index contributed by atoms with van der Waals surface area (Å²) in [6, 6.07) is 11.2. The molecule has 0 aliphatic rings. The van der Waals surface area contributed by atoms with Gasteiger partial charge in [-0.3, -0.25) is 9.59 Å². The molecule has 2 aromatic rings. The van der Waals surface area contributed by atoms with E-state index in [9.17, 15) is 14.7 Å². The topological polar surface area (TPSA) is 87.7 Å². The molecule has 27 heavy (non-hydrogen) atoms. The lowest BCUT2D eigenvalue weighted by Gasteiger charge is -2.16. The number of hydrogen-bond donors (Lipinski definition) is 3. The van der Waals surface area contributed by atoms with Crippen molar-refractivity contribution in [3.8, 4) is 11.5 Å². The maximum absolute atomic E-state index is 12.1. The summed E-state index contributed by atoms with van der Waals surface area (Å²) in [5.74, 6) is 0.0364. The summed E-state index contributed by atoms with van der Waals surface area (Å²) >= 11 is 9.21. The van der Waals surface area contributed by atoms with Crippen molar-refractivity contribution >= 4 is 39.3 Å². The second-order valence-corrected chi connectivity index (χ2v) is 7.08. The lowest BCUT2D eigenvalue weighted by atomic mass is 10.2. The lowest BCUT2D eigenvalue weighted by Crippen LogP contribution is -2.38. The molecule has 1 unspecified atom stereocenters. The molecule has 2 aromatic carbocycles. The Labute approximate surface area is 171 Å². The predicted molar refractivity (Wildman–Crippen MR) is 107 cm³/mol. The van der Waals surface area contributed by atoms with Crippen LogP contribution in [0, 0.1) is 0 Å². The highest BCUT2D eigenvalue weighted by Gasteiger charge is 2.15. The van der Waals surface area contributed by atoms with Crippen molar-refractivity contribution in [2.24, 2.45) is 0 Å². The van der Waals surface area contributed by atoms with Crippen LogP contribution in [0.15, 0.2) is 46.9 Å². The second-order valence-electron chi connectivity index (χ2n) is 5.79. The quantitative estimate of drug-likeness (QED) is 0.532. The molecular formula is C19H20BrClN2O4. The molecule has 8 heteroatoms. The summed E-state index contributed by atoms with van der Waals surface area (Å²) in [7, 11) is 0. The summed E-state index contributed by atoms with van der Waals surface area (Å²) in [6.07, 6.45) is -0.113. The van der Waals surface area contributed by atoms with Crippen LogP contribution in [-0.2, 0) is 4.79 Å². The third kappa shape index (κ3) is 6.77. The maximum Gasteiger partial charge on any atom is 0.260 e. The summed E-state index contributed by atoms with van der Waals surface area (Å²) < 4.78 is 6.29. The normalized spacial score (nSPS) is 11.5. The van der Waals surface area contributed by atoms with Crippen LogP contribution in [0.2, 0.25) is 5.02 Å². The first-order chi connectivity index (χ1) is 12.9. The van der Waals surface area contributed by atoms with Gasteiger partial charge in [-0.1, -0.05) is 17.7 Å². The summed E-state index contributed by atoms with van der Waals surface area (Å²) in [6.45, 7) is 2.45. The fraction of sp³-hybridized carbons (Fsp3) is 0.263. The van der Waals surface area contributed by atoms with Crippen LogP contribution < -0.4 is 15.4 Å². The third-order valence-corrected chi connectivity index (χ3v) is 4.47. The van der Waals surface area contributed by atoms with Gasteiger partial charge < -0.3 is 20.5 Å². The minimum absolute atomic E-state index is 0.0382. The van der Waals surface area contributed by atoms with Crippen LogP contribution >= 0.6 is 27.5 Å². The van der Waals surface area contributed by atoms with Gasteiger partial charge in [-0.25, -0.2) is 0 Å². The standard InChI is InChI=1S/C19H20BrClN2O4/c1-12(27-17-7-6-14(21)11-16(17)20)18(25)22-8-3-9-23-19(26)13-4-2-5-15(24)10-13/h2,4-7,10-12,24H,3,8-9H2,1H3,(H,22,25)(H,23,26). The SMILES string of the molecule is CC(Oc1ccc(Cl)cc1Br)C(=O)NCCCNC(=O)c1cccc(O)c1. The molecule has 0 fully saturated rings. The van der Waals surface area contributed by atoms with E-state index in [1.54, 1.807) is 37.3 Å². The lowest BCUT2D eigenvalue weighted by molar-refractivity contribution is -0.127. The number of phenolic OH excluding ortho intramolecular Hbond substituents is 1. The fourth-order valence-electron chi connectivity index (χ4n) is 2.21. The number of carbonyl (C=O) groups excluding carboxylic acids is 2. The Bertz CT molecular complexity index is 816. The zero-order valence-corrected chi connectivity index (χ0v) is 17.0. The minimum Gasteiger partial charge on any atom is -0.508 e. The molecule has 2 amide bonds. The summed E-state index contributed by atoms with van der Waals surface area (Å²) in [5.41, 5.74) is 0.384. The highest BCUT2D eigenvalue weighted by Crippen LogP contribution is 2.28. The number of ether oxygens (including phenoxy) is 1. The number of halogens is 2. The number of aromatic hydroxyl groups is 1. The Hall–Kier alpha value is -2.25. The van der Waals surface area contributed by atoms with Crippen molar-refractivity contribution in [3.63, 3.8) is 0 Å². The number of rotatable bonds is 8. The highest BCUT2D eigenvalue weighted by atomic mass is 79.9. The van der Waals surface area contributed by atoms with Crippen LogP contribution in [0.1, 0.15) is 23.7 Å². The number of carbonyl (C=O) groups is 2. The zero-order chi connectivity index (χ0) is 19.8. The monoisotopic (exact) mass is 454 g/mol. The molecular weight excluding hydrogens is 436 g/mol. The van der Waals surface area contributed by atoms with Crippen molar-refractivity contribution in [1.82, 2.24) is 10.6 Å². The van der Waals surface area contributed by atoms with Crippen LogP contribution in [0.3, 0.4) is 0 Å². The van der Waals surface area contributed by atoms with Gasteiger partial charge in [0, 0.05) is 23.7 Å². The summed E-state index contributed by atoms with van der Waals surface area (Å²) in [5, 5.41) is 15.4. The van der Waals surface area contributed by atoms with Crippen LogP contribution in [0.25, 0.3) is 0 Å². The van der Waals surface area contributed by atoms with Gasteiger partial charge in [0.1, 0.15) is 11.5 Å². The number of hydrogen-bond acceptors (Lipinski definition) is 4. The van der Waals surface area contributed by atoms with E-state index >= 15 is 0 Å². The Kier molecular flexibility index (Phi) is 7.94. The van der Waals surface area contributed by atoms with Crippen molar-refractivity contribution in [2.75, 3.05) is 13.1 Å². The van der Waals surface area contributed by atoms with E-state index in [2.05, 4.69) is 26.6 Å². The molecule has 0 aliphatic heterocycles. The Morgan fingerprint density at radius 3 is 2.63 bits per heavy atom. The van der Waals surface area contributed by atoms with E-state index in [-0.39, 0.29) is 17.6 Å². The van der Waals surface area contributed by atoms with Crippen molar-refractivity contribution in [2.45, 2.75) is 19.4 Å². The molecule has 0 radical (unpaired) electrons. The highest BCUT2D eigenvalue weighted by molar-refractivity contribution is 9.10. The third-order valence-electron chi connectivity index (χ3n) is 3.61. The van der Waals surface area contributed by atoms with Crippen LogP contribution in [-0.4, -0.2) is 36.1 Å². The molecule has 6 nitrogen and oxygen atoms in total. The van der Waals surface area contributed by atoms with E-state index in [1.807, 2.05) is 0 Å². The van der Waals surface area contributed by atoms with Gasteiger partial charge in [0.25, 0.3) is 11.8 Å². The number of benzene rings is 2. The fourth-order valence-corrected chi connectivity index (χ4v) is 2.99. The molecule has 0 aromatic heterocycles. The average molecular weight is 456 g/mol. The molecule has 0 aliphatic carbocycles. The first kappa shape index (κ1) is 21.1. The molecule has 0 saturated carbocycles. The van der Waals surface area contributed by atoms with Crippen molar-refractivity contribution in [3.05, 3.63) is 57.5 Å². The Balaban J connectivity index is 1.68. The van der Waals surface area contributed by atoms with Gasteiger partial charge in [0.2, 0.25) is 0 Å². The van der Waals surface area contributed by atoms with Gasteiger partial charge in [-0.2, -0.15) is 0 Å². The van der Waals surface area contributed by atoms with Crippen LogP contribution in [0.5, 0.6) is 11.5 Å². The molecule has 0 bridgehead atoms. The molecule has 2 rings (SSSR count). The largest absolute Gasteiger partial charge is 0.508 e. The van der Waals surface area contributed by atoms with E-state index in [0.29, 0.717) is 40.3 Å². The molecule has 0 heterocycles. The average Bonchev–Trinajstić information content (AvgIpc) is 2.63. The molecule has 1 atom stereocenters. The molecule has 0 spiro atoms. The first-order valence-electron chi connectivity index (χ1n) is 8.33. The van der Waals surface area contributed by atoms with Crippen molar-refractivity contribution < 1.29 is 19.4 Å². The Morgan fingerprint density at radius 1 is 1.19 bits per heavy atom. The smallest absolute Gasteiger partial charge is 0.260 e. The second kappa shape index (κ2) is 10.2. The van der Waals surface area contributed by atoms with Crippen LogP contribution in [0.4, 0.5) is 0 Å². The van der Waals surface area contributed by atoms with E-state index in [1.165, 1.54) is 12.1 Å².